The number of benzene rings is 2. The number of carbonyl (C=O) groups excluding carboxylic acids is 3. The van der Waals surface area contributed by atoms with E-state index in [9.17, 15) is 14.4 Å². The first-order valence-electron chi connectivity index (χ1n) is 9.26. The van der Waals surface area contributed by atoms with E-state index in [1.165, 1.54) is 0 Å². The molecule has 0 aromatic heterocycles. The standard InChI is InChI=1S/C23H25NO4/c1-22(2,3)15-11-14(12-16(13-15)23(4,5)6)21(27)28-24-19(25)17-9-7-8-10-18(17)20(24)26/h7-13H,1-6H3. The largest absolute Gasteiger partial charge is 0.363 e. The molecule has 5 heteroatoms. The molecule has 0 atom stereocenters. The Kier molecular flexibility index (Phi) is 4.66. The summed E-state index contributed by atoms with van der Waals surface area (Å²) in [6.07, 6.45) is 0. The summed E-state index contributed by atoms with van der Waals surface area (Å²) in [4.78, 5) is 43.0. The average molecular weight is 379 g/mol. The number of imide groups is 1. The number of nitrogens with zero attached hydrogens (tertiary/aromatic N) is 1. The van der Waals surface area contributed by atoms with Gasteiger partial charge in [-0.25, -0.2) is 4.79 Å². The minimum Gasteiger partial charge on any atom is -0.324 e. The molecule has 28 heavy (non-hydrogen) atoms. The number of amides is 2. The van der Waals surface area contributed by atoms with Gasteiger partial charge in [0.05, 0.1) is 16.7 Å². The van der Waals surface area contributed by atoms with Crippen molar-refractivity contribution in [3.05, 3.63) is 70.3 Å². The molecule has 2 amide bonds. The summed E-state index contributed by atoms with van der Waals surface area (Å²) in [5, 5.41) is 0.549. The summed E-state index contributed by atoms with van der Waals surface area (Å²) in [5.74, 6) is -1.99. The zero-order valence-corrected chi connectivity index (χ0v) is 17.1. The first-order valence-corrected chi connectivity index (χ1v) is 9.26. The third-order valence-electron chi connectivity index (χ3n) is 4.83. The van der Waals surface area contributed by atoms with Crippen molar-refractivity contribution >= 4 is 17.8 Å². The van der Waals surface area contributed by atoms with Crippen LogP contribution in [0.5, 0.6) is 0 Å². The molecule has 0 aliphatic carbocycles. The maximum absolute atomic E-state index is 12.8. The Morgan fingerprint density at radius 1 is 0.786 bits per heavy atom. The normalized spacial score (nSPS) is 14.3. The molecule has 0 bridgehead atoms. The first kappa shape index (κ1) is 19.8. The highest BCUT2D eigenvalue weighted by Gasteiger charge is 2.39. The number of rotatable bonds is 2. The van der Waals surface area contributed by atoms with Crippen LogP contribution in [0.3, 0.4) is 0 Å². The molecule has 0 saturated carbocycles. The summed E-state index contributed by atoms with van der Waals surface area (Å²) in [6, 6.07) is 12.0. The molecule has 0 unspecified atom stereocenters. The fourth-order valence-electron chi connectivity index (χ4n) is 3.00. The Labute approximate surface area is 165 Å². The molecule has 0 N–H and O–H groups in total. The number of hydrogen-bond acceptors (Lipinski definition) is 4. The van der Waals surface area contributed by atoms with Crippen molar-refractivity contribution in [3.8, 4) is 0 Å². The fourth-order valence-corrected chi connectivity index (χ4v) is 3.00. The summed E-state index contributed by atoms with van der Waals surface area (Å²) in [7, 11) is 0. The highest BCUT2D eigenvalue weighted by molar-refractivity contribution is 6.21. The van der Waals surface area contributed by atoms with Crippen molar-refractivity contribution in [3.63, 3.8) is 0 Å². The third kappa shape index (κ3) is 3.57. The Balaban J connectivity index is 1.95. The van der Waals surface area contributed by atoms with Crippen LogP contribution in [0.25, 0.3) is 0 Å². The molecule has 1 aliphatic heterocycles. The first-order chi connectivity index (χ1) is 12.9. The zero-order valence-electron chi connectivity index (χ0n) is 17.1. The van der Waals surface area contributed by atoms with Crippen LogP contribution in [0.2, 0.25) is 0 Å². The predicted octanol–water partition coefficient (Wildman–Crippen LogP) is 4.65. The van der Waals surface area contributed by atoms with Gasteiger partial charge in [0.15, 0.2) is 0 Å². The van der Waals surface area contributed by atoms with Crippen LogP contribution < -0.4 is 0 Å². The highest BCUT2D eigenvalue weighted by Crippen LogP contribution is 2.31. The van der Waals surface area contributed by atoms with Gasteiger partial charge >= 0.3 is 5.97 Å². The lowest BCUT2D eigenvalue weighted by molar-refractivity contribution is -0.0584. The van der Waals surface area contributed by atoms with Gasteiger partial charge in [-0.1, -0.05) is 64.8 Å². The van der Waals surface area contributed by atoms with Gasteiger partial charge in [0.1, 0.15) is 0 Å². The maximum atomic E-state index is 12.8. The average Bonchev–Trinajstić information content (AvgIpc) is 2.85. The molecule has 3 rings (SSSR count). The molecular formula is C23H25NO4. The van der Waals surface area contributed by atoms with Crippen LogP contribution in [0.1, 0.15) is 83.7 Å². The van der Waals surface area contributed by atoms with Gasteiger partial charge in [0.25, 0.3) is 11.8 Å². The van der Waals surface area contributed by atoms with Crippen LogP contribution >= 0.6 is 0 Å². The van der Waals surface area contributed by atoms with Crippen LogP contribution in [0.4, 0.5) is 0 Å². The topological polar surface area (TPSA) is 63.7 Å². The maximum Gasteiger partial charge on any atom is 0.363 e. The lowest BCUT2D eigenvalue weighted by Gasteiger charge is -2.26. The second-order valence-electron chi connectivity index (χ2n) is 9.13. The monoisotopic (exact) mass is 379 g/mol. The molecule has 146 valence electrons. The van der Waals surface area contributed by atoms with Crippen molar-refractivity contribution in [2.24, 2.45) is 0 Å². The summed E-state index contributed by atoms with van der Waals surface area (Å²) in [6.45, 7) is 12.4. The van der Waals surface area contributed by atoms with Crippen molar-refractivity contribution in [1.82, 2.24) is 5.06 Å². The minimum absolute atomic E-state index is 0.175. The second kappa shape index (κ2) is 6.59. The molecule has 0 spiro atoms. The SMILES string of the molecule is CC(C)(C)c1cc(C(=O)ON2C(=O)c3ccccc3C2=O)cc(C(C)(C)C)c1. The van der Waals surface area contributed by atoms with Crippen LogP contribution in [-0.4, -0.2) is 22.8 Å². The molecule has 1 heterocycles. The van der Waals surface area contributed by atoms with Gasteiger partial charge in [-0.3, -0.25) is 9.59 Å². The third-order valence-corrected chi connectivity index (χ3v) is 4.83. The Morgan fingerprint density at radius 3 is 1.61 bits per heavy atom. The summed E-state index contributed by atoms with van der Waals surface area (Å²) in [5.41, 5.74) is 2.40. The molecular weight excluding hydrogens is 354 g/mol. The highest BCUT2D eigenvalue weighted by atomic mass is 16.7. The van der Waals surface area contributed by atoms with E-state index >= 15 is 0 Å². The molecule has 0 fully saturated rings. The molecule has 0 saturated heterocycles. The Morgan fingerprint density at radius 2 is 1.21 bits per heavy atom. The lowest BCUT2D eigenvalue weighted by atomic mass is 9.79. The second-order valence-corrected chi connectivity index (χ2v) is 9.13. The summed E-state index contributed by atoms with van der Waals surface area (Å²) < 4.78 is 0. The molecule has 2 aromatic rings. The van der Waals surface area contributed by atoms with Gasteiger partial charge in [0, 0.05) is 0 Å². The molecule has 5 nitrogen and oxygen atoms in total. The number of hydrogen-bond donors (Lipinski definition) is 0. The van der Waals surface area contributed by atoms with E-state index in [1.807, 2.05) is 0 Å². The smallest absolute Gasteiger partial charge is 0.324 e. The quantitative estimate of drug-likeness (QED) is 0.713. The number of carbonyl (C=O) groups is 3. The van der Waals surface area contributed by atoms with Crippen molar-refractivity contribution in [2.45, 2.75) is 52.4 Å². The van der Waals surface area contributed by atoms with E-state index < -0.39 is 17.8 Å². The van der Waals surface area contributed by atoms with Gasteiger partial charge < -0.3 is 4.84 Å². The summed E-state index contributed by atoms with van der Waals surface area (Å²) >= 11 is 0. The molecule has 0 radical (unpaired) electrons. The van der Waals surface area contributed by atoms with Gasteiger partial charge in [-0.05, 0) is 46.2 Å². The fraction of sp³-hybridized carbons (Fsp3) is 0.348. The predicted molar refractivity (Wildman–Crippen MR) is 106 cm³/mol. The van der Waals surface area contributed by atoms with E-state index in [0.717, 1.165) is 11.1 Å². The lowest BCUT2D eigenvalue weighted by Crippen LogP contribution is -2.33. The van der Waals surface area contributed by atoms with E-state index in [1.54, 1.807) is 36.4 Å². The minimum atomic E-state index is -0.730. The molecule has 1 aliphatic rings. The van der Waals surface area contributed by atoms with Crippen LogP contribution in [-0.2, 0) is 15.7 Å². The van der Waals surface area contributed by atoms with Gasteiger partial charge in [-0.15, -0.1) is 0 Å². The van der Waals surface area contributed by atoms with E-state index in [0.29, 0.717) is 10.6 Å². The number of hydroxylamine groups is 2. The van der Waals surface area contributed by atoms with E-state index in [4.69, 9.17) is 4.84 Å². The van der Waals surface area contributed by atoms with Gasteiger partial charge in [-0.2, -0.15) is 0 Å². The van der Waals surface area contributed by atoms with Crippen LogP contribution in [0.15, 0.2) is 42.5 Å². The van der Waals surface area contributed by atoms with Gasteiger partial charge in [0.2, 0.25) is 0 Å². The number of fused-ring (bicyclic) bond motifs is 1. The Bertz CT molecular complexity index is 910. The van der Waals surface area contributed by atoms with Crippen molar-refractivity contribution in [2.75, 3.05) is 0 Å². The Hall–Kier alpha value is -2.95. The van der Waals surface area contributed by atoms with Crippen molar-refractivity contribution in [1.29, 1.82) is 0 Å². The van der Waals surface area contributed by atoms with Crippen LogP contribution in [0, 0.1) is 0 Å². The molecule has 2 aromatic carbocycles. The van der Waals surface area contributed by atoms with Crippen molar-refractivity contribution < 1.29 is 19.2 Å². The zero-order chi connectivity index (χ0) is 20.9. The van der Waals surface area contributed by atoms with E-state index in [2.05, 4.69) is 47.6 Å². The van der Waals surface area contributed by atoms with E-state index in [-0.39, 0.29) is 22.0 Å².